The molecule has 4 heteroatoms. The number of esters is 1. The van der Waals surface area contributed by atoms with Crippen LogP contribution in [0.15, 0.2) is 30.3 Å². The van der Waals surface area contributed by atoms with Crippen molar-refractivity contribution in [1.29, 1.82) is 0 Å². The first-order valence-corrected chi connectivity index (χ1v) is 8.67. The zero-order valence-electron chi connectivity index (χ0n) is 13.9. The molecule has 4 nitrogen and oxygen atoms in total. The standard InChI is InChI=1S/C19H26O4/c1-2-21-17(20)8-9-18(16-6-4-3-5-7-16)10-12-19(13-11-18)22-14-15-23-19/h3-7H,2,8-15H2,1H3. The minimum absolute atomic E-state index is 0.0224. The number of benzene rings is 1. The number of ether oxygens (including phenoxy) is 3. The van der Waals surface area contributed by atoms with E-state index in [4.69, 9.17) is 14.2 Å². The van der Waals surface area contributed by atoms with E-state index >= 15 is 0 Å². The summed E-state index contributed by atoms with van der Waals surface area (Å²) in [4.78, 5) is 11.8. The van der Waals surface area contributed by atoms with Crippen molar-refractivity contribution >= 4 is 5.97 Å². The molecule has 0 aromatic heterocycles. The Hall–Kier alpha value is -1.39. The molecule has 1 aliphatic carbocycles. The van der Waals surface area contributed by atoms with Crippen molar-refractivity contribution in [1.82, 2.24) is 0 Å². The molecule has 1 aromatic carbocycles. The lowest BCUT2D eigenvalue weighted by atomic mass is 9.65. The van der Waals surface area contributed by atoms with Gasteiger partial charge in [-0.25, -0.2) is 0 Å². The largest absolute Gasteiger partial charge is 0.466 e. The summed E-state index contributed by atoms with van der Waals surface area (Å²) >= 11 is 0. The van der Waals surface area contributed by atoms with E-state index in [1.807, 2.05) is 13.0 Å². The molecule has 0 unspecified atom stereocenters. The summed E-state index contributed by atoms with van der Waals surface area (Å²) in [5, 5.41) is 0. The van der Waals surface area contributed by atoms with Gasteiger partial charge in [-0.3, -0.25) is 4.79 Å². The molecule has 3 rings (SSSR count). The molecule has 1 heterocycles. The Balaban J connectivity index is 1.74. The number of rotatable bonds is 5. The van der Waals surface area contributed by atoms with E-state index in [2.05, 4.69) is 24.3 Å². The first-order chi connectivity index (χ1) is 11.2. The molecule has 1 saturated heterocycles. The van der Waals surface area contributed by atoms with E-state index in [9.17, 15) is 4.79 Å². The normalized spacial score (nSPS) is 22.1. The Labute approximate surface area is 138 Å². The van der Waals surface area contributed by atoms with Crippen LogP contribution < -0.4 is 0 Å². The quantitative estimate of drug-likeness (QED) is 0.778. The van der Waals surface area contributed by atoms with E-state index in [-0.39, 0.29) is 17.2 Å². The fourth-order valence-corrected chi connectivity index (χ4v) is 3.94. The first-order valence-electron chi connectivity index (χ1n) is 8.67. The van der Waals surface area contributed by atoms with Crippen molar-refractivity contribution in [2.45, 2.75) is 56.7 Å². The van der Waals surface area contributed by atoms with Gasteiger partial charge in [0.25, 0.3) is 0 Å². The molecule has 1 saturated carbocycles. The molecule has 0 radical (unpaired) electrons. The summed E-state index contributed by atoms with van der Waals surface area (Å²) in [6, 6.07) is 10.6. The van der Waals surface area contributed by atoms with Gasteiger partial charge in [0.2, 0.25) is 0 Å². The monoisotopic (exact) mass is 318 g/mol. The van der Waals surface area contributed by atoms with Gasteiger partial charge in [0.05, 0.1) is 19.8 Å². The maximum absolute atomic E-state index is 11.8. The summed E-state index contributed by atoms with van der Waals surface area (Å²) in [5.74, 6) is -0.473. The van der Waals surface area contributed by atoms with Crippen LogP contribution in [0.4, 0.5) is 0 Å². The average molecular weight is 318 g/mol. The van der Waals surface area contributed by atoms with Crippen molar-refractivity contribution in [2.24, 2.45) is 0 Å². The predicted octanol–water partition coefficient (Wildman–Crippen LogP) is 3.58. The summed E-state index contributed by atoms with van der Waals surface area (Å²) < 4.78 is 16.8. The second-order valence-corrected chi connectivity index (χ2v) is 6.56. The number of carbonyl (C=O) groups is 1. The third kappa shape index (κ3) is 3.59. The molecule has 0 N–H and O–H groups in total. The lowest BCUT2D eigenvalue weighted by Crippen LogP contribution is -2.42. The molecule has 0 bridgehead atoms. The molecule has 1 aliphatic heterocycles. The maximum Gasteiger partial charge on any atom is 0.305 e. The van der Waals surface area contributed by atoms with Crippen LogP contribution in [0.3, 0.4) is 0 Å². The highest BCUT2D eigenvalue weighted by Gasteiger charge is 2.46. The van der Waals surface area contributed by atoms with Gasteiger partial charge in [0.15, 0.2) is 5.79 Å². The van der Waals surface area contributed by atoms with Gasteiger partial charge in [0, 0.05) is 19.3 Å². The van der Waals surface area contributed by atoms with Gasteiger partial charge in [-0.1, -0.05) is 30.3 Å². The Morgan fingerprint density at radius 1 is 1.09 bits per heavy atom. The minimum Gasteiger partial charge on any atom is -0.466 e. The van der Waals surface area contributed by atoms with Crippen molar-refractivity contribution in [2.75, 3.05) is 19.8 Å². The zero-order valence-corrected chi connectivity index (χ0v) is 13.9. The van der Waals surface area contributed by atoms with Crippen molar-refractivity contribution in [3.8, 4) is 0 Å². The smallest absolute Gasteiger partial charge is 0.305 e. The number of carbonyl (C=O) groups excluding carboxylic acids is 1. The van der Waals surface area contributed by atoms with Gasteiger partial charge in [-0.15, -0.1) is 0 Å². The summed E-state index contributed by atoms with van der Waals surface area (Å²) in [6.45, 7) is 3.69. The first kappa shape index (κ1) is 16.5. The van der Waals surface area contributed by atoms with E-state index in [0.29, 0.717) is 26.2 Å². The summed E-state index contributed by atoms with van der Waals surface area (Å²) in [7, 11) is 0. The lowest BCUT2D eigenvalue weighted by molar-refractivity contribution is -0.185. The van der Waals surface area contributed by atoms with Crippen LogP contribution in [-0.2, 0) is 24.4 Å². The molecule has 2 fully saturated rings. The number of hydrogen-bond donors (Lipinski definition) is 0. The van der Waals surface area contributed by atoms with Gasteiger partial charge < -0.3 is 14.2 Å². The average Bonchev–Trinajstić information content (AvgIpc) is 3.04. The Kier molecular flexibility index (Phi) is 5.02. The van der Waals surface area contributed by atoms with Crippen LogP contribution in [0.2, 0.25) is 0 Å². The van der Waals surface area contributed by atoms with Crippen molar-refractivity contribution < 1.29 is 19.0 Å². The molecule has 23 heavy (non-hydrogen) atoms. The fraction of sp³-hybridized carbons (Fsp3) is 0.632. The Bertz CT molecular complexity index is 509. The van der Waals surface area contributed by atoms with Crippen LogP contribution >= 0.6 is 0 Å². The van der Waals surface area contributed by atoms with Gasteiger partial charge in [0.1, 0.15) is 0 Å². The van der Waals surface area contributed by atoms with Crippen molar-refractivity contribution in [3.63, 3.8) is 0 Å². The molecule has 0 amide bonds. The summed E-state index contributed by atoms with van der Waals surface area (Å²) in [6.07, 6.45) is 5.05. The molecular formula is C19H26O4. The molecule has 1 spiro atoms. The SMILES string of the molecule is CCOC(=O)CCC1(c2ccccc2)CCC2(CC1)OCCO2. The lowest BCUT2D eigenvalue weighted by Gasteiger charge is -2.44. The molecule has 1 aromatic rings. The third-order valence-electron chi connectivity index (χ3n) is 5.28. The van der Waals surface area contributed by atoms with Gasteiger partial charge >= 0.3 is 5.97 Å². The van der Waals surface area contributed by atoms with E-state index in [0.717, 1.165) is 32.1 Å². The minimum atomic E-state index is -0.373. The second-order valence-electron chi connectivity index (χ2n) is 6.56. The van der Waals surface area contributed by atoms with Gasteiger partial charge in [-0.05, 0) is 37.2 Å². The molecule has 126 valence electrons. The van der Waals surface area contributed by atoms with Crippen LogP contribution in [-0.4, -0.2) is 31.6 Å². The van der Waals surface area contributed by atoms with E-state index < -0.39 is 0 Å². The second kappa shape index (κ2) is 7.02. The summed E-state index contributed by atoms with van der Waals surface area (Å²) in [5.41, 5.74) is 1.34. The van der Waals surface area contributed by atoms with E-state index in [1.165, 1.54) is 5.56 Å². The molecule has 0 atom stereocenters. The van der Waals surface area contributed by atoms with E-state index in [1.54, 1.807) is 0 Å². The Morgan fingerprint density at radius 3 is 2.35 bits per heavy atom. The van der Waals surface area contributed by atoms with Crippen LogP contribution in [0, 0.1) is 0 Å². The number of hydrogen-bond acceptors (Lipinski definition) is 4. The fourth-order valence-electron chi connectivity index (χ4n) is 3.94. The Morgan fingerprint density at radius 2 is 1.74 bits per heavy atom. The van der Waals surface area contributed by atoms with Gasteiger partial charge in [-0.2, -0.15) is 0 Å². The topological polar surface area (TPSA) is 44.8 Å². The van der Waals surface area contributed by atoms with Crippen LogP contribution in [0.25, 0.3) is 0 Å². The maximum atomic E-state index is 11.8. The molecular weight excluding hydrogens is 292 g/mol. The highest BCUT2D eigenvalue weighted by Crippen LogP contribution is 2.48. The highest BCUT2D eigenvalue weighted by molar-refractivity contribution is 5.69. The predicted molar refractivity (Wildman–Crippen MR) is 87.1 cm³/mol. The third-order valence-corrected chi connectivity index (χ3v) is 5.28. The highest BCUT2D eigenvalue weighted by atomic mass is 16.7. The van der Waals surface area contributed by atoms with Crippen LogP contribution in [0.5, 0.6) is 0 Å². The van der Waals surface area contributed by atoms with Crippen LogP contribution in [0.1, 0.15) is 51.0 Å². The zero-order chi connectivity index (χ0) is 16.2. The van der Waals surface area contributed by atoms with Crippen molar-refractivity contribution in [3.05, 3.63) is 35.9 Å². The molecule has 2 aliphatic rings.